The molecule has 0 heterocycles. The van der Waals surface area contributed by atoms with Gasteiger partial charge in [-0.2, -0.15) is 0 Å². The minimum absolute atomic E-state index is 0.140. The second-order valence-electron chi connectivity index (χ2n) is 6.28. The lowest BCUT2D eigenvalue weighted by atomic mass is 10.1. The molecular formula is C20H26N2O3S. The fourth-order valence-electron chi connectivity index (χ4n) is 2.51. The van der Waals surface area contributed by atoms with Gasteiger partial charge in [-0.05, 0) is 55.2 Å². The van der Waals surface area contributed by atoms with E-state index in [-0.39, 0.29) is 15.7 Å². The summed E-state index contributed by atoms with van der Waals surface area (Å²) >= 11 is 0. The third kappa shape index (κ3) is 4.93. The Hall–Kier alpha value is -2.18. The number of hydrogen-bond donors (Lipinski definition) is 2. The summed E-state index contributed by atoms with van der Waals surface area (Å²) in [6, 6.07) is 12.6. The second-order valence-corrected chi connectivity index (χ2v) is 8.23. The number of benzene rings is 2. The van der Waals surface area contributed by atoms with Crippen LogP contribution in [-0.4, -0.2) is 20.4 Å². The van der Waals surface area contributed by atoms with E-state index in [1.807, 2.05) is 19.1 Å². The quantitative estimate of drug-likeness (QED) is 0.739. The highest BCUT2D eigenvalue weighted by Gasteiger charge is 2.19. The molecule has 0 aliphatic rings. The number of rotatable bonds is 8. The van der Waals surface area contributed by atoms with E-state index >= 15 is 0 Å². The Labute approximate surface area is 155 Å². The predicted octanol–water partition coefficient (Wildman–Crippen LogP) is 3.54. The summed E-state index contributed by atoms with van der Waals surface area (Å²) in [4.78, 5) is 12.3. The van der Waals surface area contributed by atoms with E-state index in [9.17, 15) is 13.2 Å². The van der Waals surface area contributed by atoms with E-state index in [1.54, 1.807) is 24.3 Å². The van der Waals surface area contributed by atoms with Crippen LogP contribution in [0.4, 0.5) is 5.69 Å². The molecule has 5 nitrogen and oxygen atoms in total. The van der Waals surface area contributed by atoms with Gasteiger partial charge in [-0.3, -0.25) is 4.79 Å². The molecule has 0 aliphatic heterocycles. The minimum atomic E-state index is -3.64. The van der Waals surface area contributed by atoms with Crippen LogP contribution in [0.3, 0.4) is 0 Å². The number of sulfone groups is 1. The standard InChI is InChI=1S/C20H26N2O3S/c1-3-5-7-15-10-12-17(13-11-15)26(24,25)18-9-6-8-16(14-18)22-20(23)19(21)4-2/h6,8-14,19H,3-5,7,21H2,1-2H3,(H,22,23). The van der Waals surface area contributed by atoms with Crippen molar-refractivity contribution in [2.24, 2.45) is 5.73 Å². The molecular weight excluding hydrogens is 348 g/mol. The molecule has 0 radical (unpaired) electrons. The van der Waals surface area contributed by atoms with Crippen molar-refractivity contribution in [3.63, 3.8) is 0 Å². The molecule has 0 bridgehead atoms. The predicted molar refractivity (Wildman–Crippen MR) is 104 cm³/mol. The Kier molecular flexibility index (Phi) is 6.94. The van der Waals surface area contributed by atoms with Crippen LogP contribution in [0.5, 0.6) is 0 Å². The van der Waals surface area contributed by atoms with Gasteiger partial charge in [0.15, 0.2) is 0 Å². The molecule has 1 atom stereocenters. The number of carbonyl (C=O) groups excluding carboxylic acids is 1. The molecule has 0 spiro atoms. The highest BCUT2D eigenvalue weighted by molar-refractivity contribution is 7.91. The van der Waals surface area contributed by atoms with Crippen molar-refractivity contribution in [2.75, 3.05) is 5.32 Å². The molecule has 6 heteroatoms. The average molecular weight is 375 g/mol. The molecule has 140 valence electrons. The fraction of sp³-hybridized carbons (Fsp3) is 0.350. The van der Waals surface area contributed by atoms with E-state index in [0.717, 1.165) is 24.8 Å². The van der Waals surface area contributed by atoms with Crippen LogP contribution in [-0.2, 0) is 21.1 Å². The number of unbranched alkanes of at least 4 members (excludes halogenated alkanes) is 1. The number of hydrogen-bond acceptors (Lipinski definition) is 4. The lowest BCUT2D eigenvalue weighted by molar-refractivity contribution is -0.117. The van der Waals surface area contributed by atoms with Crippen molar-refractivity contribution >= 4 is 21.4 Å². The first kappa shape index (κ1) is 20.1. The summed E-state index contributed by atoms with van der Waals surface area (Å²) in [6.07, 6.45) is 3.62. The lowest BCUT2D eigenvalue weighted by Gasteiger charge is -2.11. The van der Waals surface area contributed by atoms with Crippen molar-refractivity contribution in [1.29, 1.82) is 0 Å². The van der Waals surface area contributed by atoms with E-state index in [2.05, 4.69) is 12.2 Å². The Bertz CT molecular complexity index is 846. The normalized spacial score (nSPS) is 12.6. The summed E-state index contributed by atoms with van der Waals surface area (Å²) in [7, 11) is -3.64. The van der Waals surface area contributed by atoms with Gasteiger partial charge in [-0.1, -0.05) is 38.5 Å². The molecule has 0 saturated carbocycles. The number of amides is 1. The molecule has 3 N–H and O–H groups in total. The molecule has 0 aliphatic carbocycles. The Morgan fingerprint density at radius 2 is 1.77 bits per heavy atom. The monoisotopic (exact) mass is 374 g/mol. The van der Waals surface area contributed by atoms with E-state index < -0.39 is 15.9 Å². The van der Waals surface area contributed by atoms with E-state index in [0.29, 0.717) is 12.1 Å². The van der Waals surface area contributed by atoms with Crippen LogP contribution in [0.15, 0.2) is 58.3 Å². The third-order valence-electron chi connectivity index (χ3n) is 4.24. The van der Waals surface area contributed by atoms with E-state index in [4.69, 9.17) is 5.73 Å². The first-order valence-corrected chi connectivity index (χ1v) is 10.4. The zero-order valence-corrected chi connectivity index (χ0v) is 16.1. The van der Waals surface area contributed by atoms with Crippen molar-refractivity contribution in [2.45, 2.75) is 55.4 Å². The smallest absolute Gasteiger partial charge is 0.241 e. The van der Waals surface area contributed by atoms with Gasteiger partial charge in [0.1, 0.15) is 0 Å². The molecule has 2 aromatic carbocycles. The molecule has 2 aromatic rings. The number of nitrogens with two attached hydrogens (primary N) is 1. The zero-order chi connectivity index (χ0) is 19.2. The Balaban J connectivity index is 2.23. The highest BCUT2D eigenvalue weighted by atomic mass is 32.2. The van der Waals surface area contributed by atoms with Crippen molar-refractivity contribution in [3.8, 4) is 0 Å². The minimum Gasteiger partial charge on any atom is -0.325 e. The molecule has 2 rings (SSSR count). The maximum atomic E-state index is 12.8. The largest absolute Gasteiger partial charge is 0.325 e. The number of aryl methyl sites for hydroxylation is 1. The van der Waals surface area contributed by atoms with Gasteiger partial charge in [0.25, 0.3) is 0 Å². The SMILES string of the molecule is CCCCc1ccc(S(=O)(=O)c2cccc(NC(=O)C(N)CC)c2)cc1. The molecule has 1 unspecified atom stereocenters. The van der Waals surface area contributed by atoms with Crippen LogP contribution in [0.2, 0.25) is 0 Å². The van der Waals surface area contributed by atoms with Gasteiger partial charge in [0.2, 0.25) is 15.7 Å². The average Bonchev–Trinajstić information content (AvgIpc) is 2.66. The van der Waals surface area contributed by atoms with Crippen molar-refractivity contribution < 1.29 is 13.2 Å². The first-order chi connectivity index (χ1) is 12.4. The number of nitrogens with one attached hydrogen (secondary N) is 1. The summed E-state index contributed by atoms with van der Waals surface area (Å²) in [5, 5.41) is 2.66. The Morgan fingerprint density at radius 3 is 2.38 bits per heavy atom. The zero-order valence-electron chi connectivity index (χ0n) is 15.2. The topological polar surface area (TPSA) is 89.3 Å². The second kappa shape index (κ2) is 8.96. The van der Waals surface area contributed by atoms with Gasteiger partial charge in [0, 0.05) is 5.69 Å². The maximum absolute atomic E-state index is 12.8. The van der Waals surface area contributed by atoms with Gasteiger partial charge in [-0.25, -0.2) is 8.42 Å². The third-order valence-corrected chi connectivity index (χ3v) is 6.01. The number of anilines is 1. The molecule has 0 fully saturated rings. The van der Waals surface area contributed by atoms with Gasteiger partial charge >= 0.3 is 0 Å². The molecule has 0 saturated heterocycles. The van der Waals surface area contributed by atoms with Gasteiger partial charge in [-0.15, -0.1) is 0 Å². The van der Waals surface area contributed by atoms with Crippen molar-refractivity contribution in [3.05, 3.63) is 54.1 Å². The van der Waals surface area contributed by atoms with Crippen molar-refractivity contribution in [1.82, 2.24) is 0 Å². The van der Waals surface area contributed by atoms with Crippen LogP contribution >= 0.6 is 0 Å². The maximum Gasteiger partial charge on any atom is 0.241 e. The van der Waals surface area contributed by atoms with Gasteiger partial charge in [0.05, 0.1) is 15.8 Å². The van der Waals surface area contributed by atoms with Crippen LogP contribution in [0, 0.1) is 0 Å². The van der Waals surface area contributed by atoms with Gasteiger partial charge < -0.3 is 11.1 Å². The molecule has 26 heavy (non-hydrogen) atoms. The highest BCUT2D eigenvalue weighted by Crippen LogP contribution is 2.24. The van der Waals surface area contributed by atoms with Crippen LogP contribution in [0.25, 0.3) is 0 Å². The summed E-state index contributed by atoms with van der Waals surface area (Å²) in [6.45, 7) is 3.94. The lowest BCUT2D eigenvalue weighted by Crippen LogP contribution is -2.34. The van der Waals surface area contributed by atoms with Crippen LogP contribution in [0.1, 0.15) is 38.7 Å². The Morgan fingerprint density at radius 1 is 1.08 bits per heavy atom. The first-order valence-electron chi connectivity index (χ1n) is 8.89. The summed E-state index contributed by atoms with van der Waals surface area (Å²) < 4.78 is 25.7. The number of carbonyl (C=O) groups is 1. The van der Waals surface area contributed by atoms with Crippen LogP contribution < -0.4 is 11.1 Å². The summed E-state index contributed by atoms with van der Waals surface area (Å²) in [5.74, 6) is -0.331. The van der Waals surface area contributed by atoms with E-state index in [1.165, 1.54) is 12.1 Å². The fourth-order valence-corrected chi connectivity index (χ4v) is 3.82. The molecule has 1 amide bonds. The molecule has 0 aromatic heterocycles. The summed E-state index contributed by atoms with van der Waals surface area (Å²) in [5.41, 5.74) is 7.24.